The number of benzene rings is 1. The van der Waals surface area contributed by atoms with Crippen molar-refractivity contribution in [3.8, 4) is 5.75 Å². The van der Waals surface area contributed by atoms with Gasteiger partial charge in [-0.3, -0.25) is 14.9 Å². The van der Waals surface area contributed by atoms with Crippen LogP contribution in [0.3, 0.4) is 0 Å². The first-order valence-electron chi connectivity index (χ1n) is 5.07. The fourth-order valence-corrected chi connectivity index (χ4v) is 1.29. The van der Waals surface area contributed by atoms with E-state index < -0.39 is 10.9 Å². The van der Waals surface area contributed by atoms with Crippen molar-refractivity contribution >= 4 is 11.7 Å². The molecular weight excluding hydrogens is 242 g/mol. The van der Waals surface area contributed by atoms with Crippen LogP contribution in [0, 0.1) is 17.0 Å². The Labute approximate surface area is 103 Å². The third kappa shape index (κ3) is 4.00. The van der Waals surface area contributed by atoms with E-state index in [4.69, 9.17) is 10.6 Å². The van der Waals surface area contributed by atoms with Crippen LogP contribution in [0.25, 0.3) is 0 Å². The van der Waals surface area contributed by atoms with Crippen LogP contribution in [0.2, 0.25) is 0 Å². The minimum Gasteiger partial charge on any atom is -0.493 e. The number of aryl methyl sites for hydroxylation is 1. The molecule has 0 heterocycles. The molecule has 0 aliphatic heterocycles. The molecule has 98 valence electrons. The molecular formula is C10H13N3O5. The number of nitro groups is 1. The Morgan fingerprint density at radius 2 is 2.28 bits per heavy atom. The summed E-state index contributed by atoms with van der Waals surface area (Å²) in [5, 5.41) is 10.6. The molecule has 0 radical (unpaired) electrons. The smallest absolute Gasteiger partial charge is 0.329 e. The number of carbonyl (C=O) groups excluding carboxylic acids is 1. The molecule has 18 heavy (non-hydrogen) atoms. The van der Waals surface area contributed by atoms with Crippen molar-refractivity contribution in [1.29, 1.82) is 0 Å². The first-order chi connectivity index (χ1) is 8.54. The summed E-state index contributed by atoms with van der Waals surface area (Å²) >= 11 is 0. The van der Waals surface area contributed by atoms with E-state index in [1.54, 1.807) is 12.5 Å². The van der Waals surface area contributed by atoms with Crippen LogP contribution in [0.4, 0.5) is 5.69 Å². The number of hydrogen-bond acceptors (Lipinski definition) is 7. The molecule has 0 unspecified atom stereocenters. The number of hydrogen-bond donors (Lipinski definition) is 2. The lowest BCUT2D eigenvalue weighted by molar-refractivity contribution is -0.385. The molecule has 0 aliphatic rings. The summed E-state index contributed by atoms with van der Waals surface area (Å²) in [4.78, 5) is 25.3. The van der Waals surface area contributed by atoms with Crippen LogP contribution in [-0.4, -0.2) is 17.5 Å². The summed E-state index contributed by atoms with van der Waals surface area (Å²) in [7, 11) is 0. The molecule has 0 amide bonds. The van der Waals surface area contributed by atoms with Gasteiger partial charge in [0.15, 0.2) is 0 Å². The predicted molar refractivity (Wildman–Crippen MR) is 61.4 cm³/mol. The summed E-state index contributed by atoms with van der Waals surface area (Å²) < 4.78 is 5.25. The zero-order valence-corrected chi connectivity index (χ0v) is 9.71. The van der Waals surface area contributed by atoms with Crippen LogP contribution < -0.4 is 16.2 Å². The summed E-state index contributed by atoms with van der Waals surface area (Å²) in [5.74, 6) is 4.67. The highest BCUT2D eigenvalue weighted by atomic mass is 16.7. The van der Waals surface area contributed by atoms with E-state index in [0.29, 0.717) is 11.3 Å². The van der Waals surface area contributed by atoms with Crippen LogP contribution in [-0.2, 0) is 9.63 Å². The Kier molecular flexibility index (Phi) is 5.03. The van der Waals surface area contributed by atoms with Gasteiger partial charge in [0, 0.05) is 11.6 Å². The van der Waals surface area contributed by atoms with Crippen molar-refractivity contribution in [2.75, 3.05) is 6.61 Å². The lowest BCUT2D eigenvalue weighted by Gasteiger charge is -2.06. The SMILES string of the molecule is Cc1cc(OCCC(=O)ONN)ccc1[N+](=O)[O-]. The van der Waals surface area contributed by atoms with Gasteiger partial charge in [0.05, 0.1) is 18.0 Å². The van der Waals surface area contributed by atoms with E-state index in [2.05, 4.69) is 4.84 Å². The maximum absolute atomic E-state index is 10.9. The lowest BCUT2D eigenvalue weighted by Crippen LogP contribution is -2.26. The van der Waals surface area contributed by atoms with Crippen LogP contribution in [0.1, 0.15) is 12.0 Å². The van der Waals surface area contributed by atoms with Gasteiger partial charge in [-0.15, -0.1) is 0 Å². The summed E-state index contributed by atoms with van der Waals surface area (Å²) in [6.07, 6.45) is 0.0141. The van der Waals surface area contributed by atoms with E-state index in [-0.39, 0.29) is 18.7 Å². The van der Waals surface area contributed by atoms with Gasteiger partial charge in [-0.25, -0.2) is 5.84 Å². The van der Waals surface area contributed by atoms with Crippen molar-refractivity contribution in [1.82, 2.24) is 5.59 Å². The van der Waals surface area contributed by atoms with Gasteiger partial charge in [0.1, 0.15) is 5.75 Å². The van der Waals surface area contributed by atoms with Crippen molar-refractivity contribution in [3.63, 3.8) is 0 Å². The molecule has 0 bridgehead atoms. The van der Waals surface area contributed by atoms with E-state index >= 15 is 0 Å². The number of rotatable bonds is 6. The summed E-state index contributed by atoms with van der Waals surface area (Å²) in [5.41, 5.74) is 2.28. The molecule has 1 aromatic carbocycles. The molecule has 0 atom stereocenters. The van der Waals surface area contributed by atoms with Crippen LogP contribution in [0.15, 0.2) is 18.2 Å². The van der Waals surface area contributed by atoms with Crippen LogP contribution in [0.5, 0.6) is 5.75 Å². The number of nitrogens with zero attached hydrogens (tertiary/aromatic N) is 1. The van der Waals surface area contributed by atoms with E-state index in [1.807, 2.05) is 0 Å². The van der Waals surface area contributed by atoms with E-state index in [9.17, 15) is 14.9 Å². The Hall–Kier alpha value is -2.19. The van der Waals surface area contributed by atoms with Gasteiger partial charge in [-0.05, 0) is 19.1 Å². The molecule has 8 heteroatoms. The Bertz CT molecular complexity index is 449. The van der Waals surface area contributed by atoms with Crippen LogP contribution >= 0.6 is 0 Å². The van der Waals surface area contributed by atoms with Crippen molar-refractivity contribution in [2.45, 2.75) is 13.3 Å². The first-order valence-corrected chi connectivity index (χ1v) is 5.07. The number of nitrogens with one attached hydrogen (secondary N) is 1. The fraction of sp³-hybridized carbons (Fsp3) is 0.300. The van der Waals surface area contributed by atoms with Gasteiger partial charge in [0.25, 0.3) is 5.69 Å². The largest absolute Gasteiger partial charge is 0.493 e. The molecule has 3 N–H and O–H groups in total. The molecule has 0 fully saturated rings. The maximum Gasteiger partial charge on any atom is 0.329 e. The highest BCUT2D eigenvalue weighted by molar-refractivity contribution is 5.69. The molecule has 0 aromatic heterocycles. The Morgan fingerprint density at radius 3 is 2.83 bits per heavy atom. The maximum atomic E-state index is 10.9. The monoisotopic (exact) mass is 255 g/mol. The minimum absolute atomic E-state index is 0.0141. The van der Waals surface area contributed by atoms with E-state index in [1.165, 1.54) is 18.2 Å². The van der Waals surface area contributed by atoms with Gasteiger partial charge >= 0.3 is 5.97 Å². The number of nitrogens with two attached hydrogens (primary N) is 1. The highest BCUT2D eigenvalue weighted by Gasteiger charge is 2.11. The zero-order chi connectivity index (χ0) is 13.5. The van der Waals surface area contributed by atoms with Gasteiger partial charge in [-0.1, -0.05) is 5.59 Å². The topological polar surface area (TPSA) is 117 Å². The Morgan fingerprint density at radius 1 is 1.56 bits per heavy atom. The third-order valence-electron chi connectivity index (χ3n) is 2.11. The number of carbonyl (C=O) groups is 1. The van der Waals surface area contributed by atoms with Gasteiger partial charge in [-0.2, -0.15) is 0 Å². The minimum atomic E-state index is -0.559. The zero-order valence-electron chi connectivity index (χ0n) is 9.71. The molecule has 0 saturated carbocycles. The summed E-state index contributed by atoms with van der Waals surface area (Å²) in [6, 6.07) is 4.35. The average Bonchev–Trinajstić information content (AvgIpc) is 2.29. The van der Waals surface area contributed by atoms with Crippen molar-refractivity contribution in [3.05, 3.63) is 33.9 Å². The number of hydrazine groups is 1. The second-order valence-corrected chi connectivity index (χ2v) is 3.40. The molecule has 0 spiro atoms. The van der Waals surface area contributed by atoms with Gasteiger partial charge in [0.2, 0.25) is 0 Å². The average molecular weight is 255 g/mol. The second-order valence-electron chi connectivity index (χ2n) is 3.40. The second kappa shape index (κ2) is 6.52. The molecule has 0 saturated heterocycles. The summed E-state index contributed by atoms with van der Waals surface area (Å²) in [6.45, 7) is 1.70. The predicted octanol–water partition coefficient (Wildman–Crippen LogP) is 0.594. The molecule has 1 aromatic rings. The third-order valence-corrected chi connectivity index (χ3v) is 2.11. The number of nitro benzene ring substituents is 1. The first kappa shape index (κ1) is 13.9. The normalized spacial score (nSPS) is 9.89. The molecule has 8 nitrogen and oxygen atoms in total. The standard InChI is InChI=1S/C10H13N3O5/c1-7-6-8(2-3-9(7)13(15)16)17-5-4-10(14)18-12-11/h2-3,6,12H,4-5,11H2,1H3. The highest BCUT2D eigenvalue weighted by Crippen LogP contribution is 2.22. The fourth-order valence-electron chi connectivity index (χ4n) is 1.29. The Balaban J connectivity index is 2.51. The van der Waals surface area contributed by atoms with E-state index in [0.717, 1.165) is 0 Å². The van der Waals surface area contributed by atoms with Crippen molar-refractivity contribution in [2.24, 2.45) is 5.84 Å². The van der Waals surface area contributed by atoms with Crippen molar-refractivity contribution < 1.29 is 19.3 Å². The number of ether oxygens (including phenoxy) is 1. The quantitative estimate of drug-likeness (QED) is 0.434. The molecule has 1 rings (SSSR count). The lowest BCUT2D eigenvalue weighted by atomic mass is 10.2. The van der Waals surface area contributed by atoms with Gasteiger partial charge < -0.3 is 9.57 Å². The molecule has 0 aliphatic carbocycles.